The van der Waals surface area contributed by atoms with Crippen LogP contribution in [0, 0.1) is 0 Å². The maximum Gasteiger partial charge on any atom is 0.547 e. The maximum absolute atomic E-state index is 10.9. The van der Waals surface area contributed by atoms with E-state index in [9.17, 15) is 9.59 Å². The third kappa shape index (κ3) is 2.82. The van der Waals surface area contributed by atoms with Gasteiger partial charge in [0.25, 0.3) is 0 Å². The molecule has 0 heterocycles. The summed E-state index contributed by atoms with van der Waals surface area (Å²) >= 11 is 0. The highest BCUT2D eigenvalue weighted by molar-refractivity contribution is 5.89. The summed E-state index contributed by atoms with van der Waals surface area (Å²) in [5.74, 6) is -0.844. The lowest BCUT2D eigenvalue weighted by Gasteiger charge is -1.98. The van der Waals surface area contributed by atoms with Crippen LogP contribution in [-0.4, -0.2) is 17.2 Å². The van der Waals surface area contributed by atoms with Crippen LogP contribution in [0.15, 0.2) is 30.3 Å². The molecular formula is C8H6O5. The van der Waals surface area contributed by atoms with E-state index in [2.05, 4.69) is 9.78 Å². The molecule has 0 aliphatic heterocycles. The monoisotopic (exact) mass is 182 g/mol. The standard InChI is InChI=1S/C8H6O5/c9-7(12-13-8(10)11)6-4-2-1-3-5-6/h1-5H,(H,10,11). The molecule has 5 heteroatoms. The molecular weight excluding hydrogens is 176 g/mol. The van der Waals surface area contributed by atoms with Gasteiger partial charge >= 0.3 is 12.1 Å². The van der Waals surface area contributed by atoms with Crippen LogP contribution < -0.4 is 0 Å². The number of carbonyl (C=O) groups is 2. The van der Waals surface area contributed by atoms with Gasteiger partial charge in [-0.05, 0) is 12.1 Å². The Balaban J connectivity index is 2.54. The Kier molecular flexibility index (Phi) is 2.86. The van der Waals surface area contributed by atoms with E-state index in [1.165, 1.54) is 12.1 Å². The molecule has 0 fully saturated rings. The van der Waals surface area contributed by atoms with Crippen LogP contribution in [0.25, 0.3) is 0 Å². The summed E-state index contributed by atoms with van der Waals surface area (Å²) < 4.78 is 0. The number of hydrogen-bond acceptors (Lipinski definition) is 4. The van der Waals surface area contributed by atoms with Crippen molar-refractivity contribution in [1.29, 1.82) is 0 Å². The maximum atomic E-state index is 10.9. The highest BCUT2D eigenvalue weighted by Crippen LogP contribution is 2.00. The summed E-state index contributed by atoms with van der Waals surface area (Å²) in [4.78, 5) is 28.4. The van der Waals surface area contributed by atoms with Crippen LogP contribution in [-0.2, 0) is 9.78 Å². The van der Waals surface area contributed by atoms with Crippen LogP contribution in [0.1, 0.15) is 10.4 Å². The molecule has 0 aliphatic rings. The molecule has 0 amide bonds. The zero-order valence-corrected chi connectivity index (χ0v) is 6.47. The van der Waals surface area contributed by atoms with Gasteiger partial charge in [-0.15, -0.1) is 0 Å². The Morgan fingerprint density at radius 2 is 1.69 bits per heavy atom. The lowest BCUT2D eigenvalue weighted by molar-refractivity contribution is -0.198. The van der Waals surface area contributed by atoms with Crippen molar-refractivity contribution >= 4 is 12.1 Å². The number of benzene rings is 1. The second-order valence-electron chi connectivity index (χ2n) is 2.09. The predicted octanol–water partition coefficient (Wildman–Crippen LogP) is 1.45. The van der Waals surface area contributed by atoms with Crippen molar-refractivity contribution in [1.82, 2.24) is 0 Å². The van der Waals surface area contributed by atoms with E-state index in [1.54, 1.807) is 18.2 Å². The zero-order valence-electron chi connectivity index (χ0n) is 6.47. The third-order valence-corrected chi connectivity index (χ3v) is 1.20. The van der Waals surface area contributed by atoms with E-state index in [0.717, 1.165) is 0 Å². The number of carboxylic acid groups (broad SMARTS) is 1. The first kappa shape index (κ1) is 9.05. The highest BCUT2D eigenvalue weighted by atomic mass is 17.2. The summed E-state index contributed by atoms with van der Waals surface area (Å²) in [6.07, 6.45) is -1.66. The normalized spacial score (nSPS) is 8.92. The molecule has 0 atom stereocenters. The molecule has 1 N–H and O–H groups in total. The van der Waals surface area contributed by atoms with Crippen molar-refractivity contribution in [3.63, 3.8) is 0 Å². The van der Waals surface area contributed by atoms with Crippen LogP contribution in [0.3, 0.4) is 0 Å². The summed E-state index contributed by atoms with van der Waals surface area (Å²) in [6, 6.07) is 7.92. The topological polar surface area (TPSA) is 72.8 Å². The largest absolute Gasteiger partial charge is 0.547 e. The van der Waals surface area contributed by atoms with Gasteiger partial charge in [-0.2, -0.15) is 0 Å². The van der Waals surface area contributed by atoms with Gasteiger partial charge in [0.1, 0.15) is 0 Å². The molecule has 0 unspecified atom stereocenters. The Morgan fingerprint density at radius 1 is 1.08 bits per heavy atom. The van der Waals surface area contributed by atoms with E-state index in [0.29, 0.717) is 0 Å². The summed E-state index contributed by atoms with van der Waals surface area (Å²) in [5.41, 5.74) is 0.226. The van der Waals surface area contributed by atoms with Gasteiger partial charge in [-0.25, -0.2) is 19.4 Å². The smallest absolute Gasteiger partial charge is 0.447 e. The molecule has 0 spiro atoms. The lowest BCUT2D eigenvalue weighted by Crippen LogP contribution is -2.09. The summed E-state index contributed by atoms with van der Waals surface area (Å²) in [6.45, 7) is 0. The Morgan fingerprint density at radius 3 is 2.23 bits per heavy atom. The average molecular weight is 182 g/mol. The Bertz CT molecular complexity index is 306. The molecule has 68 valence electrons. The minimum atomic E-state index is -1.66. The predicted molar refractivity (Wildman–Crippen MR) is 41.0 cm³/mol. The van der Waals surface area contributed by atoms with Gasteiger partial charge in [-0.1, -0.05) is 18.2 Å². The van der Waals surface area contributed by atoms with Gasteiger partial charge in [-0.3, -0.25) is 0 Å². The molecule has 0 aliphatic carbocycles. The molecule has 1 aromatic rings. The van der Waals surface area contributed by atoms with Crippen LogP contribution in [0.5, 0.6) is 0 Å². The molecule has 13 heavy (non-hydrogen) atoms. The van der Waals surface area contributed by atoms with Gasteiger partial charge in [0.2, 0.25) is 0 Å². The quantitative estimate of drug-likeness (QED) is 0.525. The minimum Gasteiger partial charge on any atom is -0.447 e. The molecule has 5 nitrogen and oxygen atoms in total. The van der Waals surface area contributed by atoms with Crippen molar-refractivity contribution in [2.45, 2.75) is 0 Å². The first-order valence-electron chi connectivity index (χ1n) is 3.37. The first-order chi connectivity index (χ1) is 6.20. The average Bonchev–Trinajstić information content (AvgIpc) is 2.15. The minimum absolute atomic E-state index is 0.226. The number of rotatable bonds is 1. The molecule has 0 saturated carbocycles. The summed E-state index contributed by atoms with van der Waals surface area (Å²) in [7, 11) is 0. The van der Waals surface area contributed by atoms with Crippen LogP contribution in [0.2, 0.25) is 0 Å². The SMILES string of the molecule is O=C(O)OOC(=O)c1ccccc1. The fraction of sp³-hybridized carbons (Fsp3) is 0. The number of hydrogen-bond donors (Lipinski definition) is 1. The molecule has 1 aromatic carbocycles. The second-order valence-corrected chi connectivity index (χ2v) is 2.09. The fourth-order valence-corrected chi connectivity index (χ4v) is 0.696. The molecule has 0 saturated heterocycles. The van der Waals surface area contributed by atoms with E-state index < -0.39 is 12.1 Å². The van der Waals surface area contributed by atoms with Gasteiger partial charge in [0, 0.05) is 0 Å². The summed E-state index contributed by atoms with van der Waals surface area (Å²) in [5, 5.41) is 8.01. The zero-order chi connectivity index (χ0) is 9.68. The van der Waals surface area contributed by atoms with Crippen molar-refractivity contribution in [2.75, 3.05) is 0 Å². The van der Waals surface area contributed by atoms with Gasteiger partial charge < -0.3 is 5.11 Å². The van der Waals surface area contributed by atoms with Crippen molar-refractivity contribution < 1.29 is 24.5 Å². The molecule has 0 radical (unpaired) electrons. The molecule has 0 bridgehead atoms. The van der Waals surface area contributed by atoms with Gasteiger partial charge in [0.05, 0.1) is 5.56 Å². The van der Waals surface area contributed by atoms with Crippen LogP contribution in [0.4, 0.5) is 4.79 Å². The lowest BCUT2D eigenvalue weighted by atomic mass is 10.2. The van der Waals surface area contributed by atoms with Gasteiger partial charge in [0.15, 0.2) is 0 Å². The molecule has 0 aromatic heterocycles. The third-order valence-electron chi connectivity index (χ3n) is 1.20. The highest BCUT2D eigenvalue weighted by Gasteiger charge is 2.09. The van der Waals surface area contributed by atoms with E-state index in [4.69, 9.17) is 5.11 Å². The molecule has 1 rings (SSSR count). The van der Waals surface area contributed by atoms with Crippen molar-refractivity contribution in [3.05, 3.63) is 35.9 Å². The van der Waals surface area contributed by atoms with Crippen LogP contribution >= 0.6 is 0 Å². The fourth-order valence-electron chi connectivity index (χ4n) is 0.696. The Hall–Kier alpha value is -2.04. The number of carbonyl (C=O) groups excluding carboxylic acids is 1. The van der Waals surface area contributed by atoms with Crippen molar-refractivity contribution in [2.24, 2.45) is 0 Å². The Labute approximate surface area is 73.4 Å². The second kappa shape index (κ2) is 4.10. The first-order valence-corrected chi connectivity index (χ1v) is 3.37. The van der Waals surface area contributed by atoms with E-state index >= 15 is 0 Å². The van der Waals surface area contributed by atoms with Crippen molar-refractivity contribution in [3.8, 4) is 0 Å². The van der Waals surface area contributed by atoms with E-state index in [1.807, 2.05) is 0 Å². The van der Waals surface area contributed by atoms with E-state index in [-0.39, 0.29) is 5.56 Å².